The van der Waals surface area contributed by atoms with Crippen molar-refractivity contribution in [3.63, 3.8) is 0 Å². The van der Waals surface area contributed by atoms with Crippen LogP contribution in [-0.4, -0.2) is 74.1 Å². The van der Waals surface area contributed by atoms with Crippen LogP contribution < -0.4 is 5.32 Å². The Morgan fingerprint density at radius 1 is 1.21 bits per heavy atom. The van der Waals surface area contributed by atoms with E-state index in [-0.39, 0.29) is 24.1 Å². The van der Waals surface area contributed by atoms with Gasteiger partial charge in [-0.3, -0.25) is 4.79 Å². The van der Waals surface area contributed by atoms with Crippen molar-refractivity contribution in [1.29, 1.82) is 0 Å². The molecular formula is C32H41ClN6O3. The Morgan fingerprint density at radius 3 is 2.71 bits per heavy atom. The SMILES string of the molecule is C=CC(=O)N1CCC(CN(C(=O)OC(C)(C)C)C2CCCC(Nc3ncc(Cl)c(-c4c[nH]c5ccccc45)n3)C2)CC1. The maximum Gasteiger partial charge on any atom is 0.410 e. The first-order valence-electron chi connectivity index (χ1n) is 14.9. The van der Waals surface area contributed by atoms with E-state index >= 15 is 0 Å². The van der Waals surface area contributed by atoms with Crippen LogP contribution in [0.15, 0.2) is 49.3 Å². The molecule has 0 bridgehead atoms. The average Bonchev–Trinajstić information content (AvgIpc) is 3.40. The second kappa shape index (κ2) is 12.7. The number of H-pyrrole nitrogens is 1. The number of ether oxygens (including phenoxy) is 1. The number of rotatable bonds is 7. The number of piperidine rings is 1. The molecular weight excluding hydrogens is 552 g/mol. The largest absolute Gasteiger partial charge is 0.444 e. The fourth-order valence-corrected chi connectivity index (χ4v) is 6.28. The number of fused-ring (bicyclic) bond motifs is 1. The summed E-state index contributed by atoms with van der Waals surface area (Å²) < 4.78 is 5.88. The average molecular weight is 593 g/mol. The number of nitrogens with one attached hydrogen (secondary N) is 2. The molecule has 2 aromatic heterocycles. The number of hydrogen-bond donors (Lipinski definition) is 2. The van der Waals surface area contributed by atoms with Crippen LogP contribution in [0.4, 0.5) is 10.7 Å². The Labute approximate surface area is 252 Å². The smallest absolute Gasteiger partial charge is 0.410 e. The third kappa shape index (κ3) is 7.06. The van der Waals surface area contributed by atoms with Gasteiger partial charge in [0.15, 0.2) is 0 Å². The molecule has 224 valence electrons. The van der Waals surface area contributed by atoms with E-state index in [9.17, 15) is 9.59 Å². The van der Waals surface area contributed by atoms with Crippen LogP contribution in [0.3, 0.4) is 0 Å². The molecule has 1 saturated carbocycles. The van der Waals surface area contributed by atoms with Gasteiger partial charge in [-0.2, -0.15) is 0 Å². The molecule has 5 rings (SSSR count). The zero-order valence-electron chi connectivity index (χ0n) is 24.7. The van der Waals surface area contributed by atoms with Crippen LogP contribution in [0.5, 0.6) is 0 Å². The summed E-state index contributed by atoms with van der Waals surface area (Å²) in [6.07, 6.45) is 9.96. The summed E-state index contributed by atoms with van der Waals surface area (Å²) in [6.45, 7) is 11.3. The predicted octanol–water partition coefficient (Wildman–Crippen LogP) is 6.66. The summed E-state index contributed by atoms with van der Waals surface area (Å²) in [7, 11) is 0. The molecule has 42 heavy (non-hydrogen) atoms. The van der Waals surface area contributed by atoms with Crippen molar-refractivity contribution in [1.82, 2.24) is 24.8 Å². The number of nitrogens with zero attached hydrogens (tertiary/aromatic N) is 4. The number of para-hydroxylation sites is 1. The van der Waals surface area contributed by atoms with Crippen LogP contribution in [0.1, 0.15) is 59.3 Å². The zero-order chi connectivity index (χ0) is 29.9. The maximum atomic E-state index is 13.5. The molecule has 2 atom stereocenters. The van der Waals surface area contributed by atoms with Crippen molar-refractivity contribution in [3.8, 4) is 11.3 Å². The van der Waals surface area contributed by atoms with Crippen molar-refractivity contribution in [2.24, 2.45) is 5.92 Å². The second-order valence-corrected chi connectivity index (χ2v) is 12.8. The van der Waals surface area contributed by atoms with Gasteiger partial charge in [0.05, 0.1) is 16.9 Å². The van der Waals surface area contributed by atoms with Crippen molar-refractivity contribution < 1.29 is 14.3 Å². The molecule has 0 radical (unpaired) electrons. The van der Waals surface area contributed by atoms with Crippen LogP contribution in [0.25, 0.3) is 22.2 Å². The highest BCUT2D eigenvalue weighted by Gasteiger charge is 2.35. The number of anilines is 1. The molecule has 2 fully saturated rings. The van der Waals surface area contributed by atoms with Gasteiger partial charge in [0.1, 0.15) is 5.60 Å². The third-order valence-corrected chi connectivity index (χ3v) is 8.47. The molecule has 10 heteroatoms. The van der Waals surface area contributed by atoms with E-state index < -0.39 is 5.60 Å². The van der Waals surface area contributed by atoms with Gasteiger partial charge in [0.25, 0.3) is 0 Å². The van der Waals surface area contributed by atoms with E-state index in [2.05, 4.69) is 21.9 Å². The number of aromatic amines is 1. The highest BCUT2D eigenvalue weighted by atomic mass is 35.5. The molecule has 3 heterocycles. The molecule has 2 N–H and O–H groups in total. The zero-order valence-corrected chi connectivity index (χ0v) is 25.5. The Morgan fingerprint density at radius 2 is 1.98 bits per heavy atom. The van der Waals surface area contributed by atoms with Crippen molar-refractivity contribution in [3.05, 3.63) is 54.3 Å². The molecule has 1 aliphatic carbocycles. The number of carbonyl (C=O) groups excluding carboxylic acids is 2. The number of aromatic nitrogens is 3. The summed E-state index contributed by atoms with van der Waals surface area (Å²) >= 11 is 6.56. The summed E-state index contributed by atoms with van der Waals surface area (Å²) in [5.41, 5.74) is 2.04. The fraction of sp³-hybridized carbons (Fsp3) is 0.500. The topological polar surface area (TPSA) is 103 Å². The Hall–Kier alpha value is -3.59. The molecule has 1 aliphatic heterocycles. The standard InChI is InChI=1S/C32H41ClN6O3/c1-5-28(40)38-15-13-21(14-16-38)20-39(31(41)42-32(2,3)4)23-10-8-9-22(17-23)36-30-35-19-26(33)29(37-30)25-18-34-27-12-7-6-11-24(25)27/h5-7,11-12,18-19,21-23,34H,1,8-10,13-17,20H2,2-4H3,(H,35,36,37). The van der Waals surface area contributed by atoms with Gasteiger partial charge in [-0.25, -0.2) is 14.8 Å². The van der Waals surface area contributed by atoms with Crippen molar-refractivity contribution in [2.45, 2.75) is 77.0 Å². The predicted molar refractivity (Wildman–Crippen MR) is 166 cm³/mol. The van der Waals surface area contributed by atoms with Gasteiger partial charge in [0.2, 0.25) is 11.9 Å². The molecule has 9 nitrogen and oxygen atoms in total. The van der Waals surface area contributed by atoms with Crippen LogP contribution in [0, 0.1) is 5.92 Å². The molecule has 3 aromatic rings. The minimum atomic E-state index is -0.586. The number of likely N-dealkylation sites (tertiary alicyclic amines) is 1. The lowest BCUT2D eigenvalue weighted by atomic mass is 9.88. The van der Waals surface area contributed by atoms with Crippen LogP contribution >= 0.6 is 11.6 Å². The summed E-state index contributed by atoms with van der Waals surface area (Å²) in [6, 6.07) is 8.18. The Kier molecular flexibility index (Phi) is 9.06. The first-order chi connectivity index (χ1) is 20.1. The van der Waals surface area contributed by atoms with E-state index in [1.807, 2.05) is 61.0 Å². The number of carbonyl (C=O) groups is 2. The number of amides is 2. The lowest BCUT2D eigenvalue weighted by Crippen LogP contribution is -2.50. The first kappa shape index (κ1) is 29.9. The normalized spacial score (nSPS) is 19.9. The lowest BCUT2D eigenvalue weighted by molar-refractivity contribution is -0.127. The molecule has 0 spiro atoms. The molecule has 2 aliphatic rings. The van der Waals surface area contributed by atoms with E-state index in [4.69, 9.17) is 21.3 Å². The van der Waals surface area contributed by atoms with Gasteiger partial charge in [-0.15, -0.1) is 0 Å². The molecule has 1 saturated heterocycles. The molecule has 2 amide bonds. The number of benzene rings is 1. The minimum absolute atomic E-state index is 0.0272. The minimum Gasteiger partial charge on any atom is -0.444 e. The van der Waals surface area contributed by atoms with Crippen LogP contribution in [-0.2, 0) is 9.53 Å². The van der Waals surface area contributed by atoms with Crippen molar-refractivity contribution >= 4 is 40.5 Å². The highest BCUT2D eigenvalue weighted by Crippen LogP contribution is 2.33. The van der Waals surface area contributed by atoms with Gasteiger partial charge < -0.3 is 24.8 Å². The quantitative estimate of drug-likeness (QED) is 0.297. The monoisotopic (exact) mass is 592 g/mol. The number of hydrogen-bond acceptors (Lipinski definition) is 6. The summed E-state index contributed by atoms with van der Waals surface area (Å²) in [4.78, 5) is 41.9. The van der Waals surface area contributed by atoms with E-state index in [0.717, 1.165) is 55.0 Å². The van der Waals surface area contributed by atoms with Gasteiger partial charge in [-0.05, 0) is 77.4 Å². The van der Waals surface area contributed by atoms with E-state index in [0.29, 0.717) is 42.2 Å². The first-order valence-corrected chi connectivity index (χ1v) is 15.3. The van der Waals surface area contributed by atoms with E-state index in [1.165, 1.54) is 6.08 Å². The Bertz CT molecular complexity index is 1430. The van der Waals surface area contributed by atoms with Crippen molar-refractivity contribution in [2.75, 3.05) is 25.0 Å². The summed E-state index contributed by atoms with van der Waals surface area (Å²) in [5.74, 6) is 0.794. The third-order valence-electron chi connectivity index (χ3n) is 8.19. The Balaban J connectivity index is 1.30. The molecule has 2 unspecified atom stereocenters. The van der Waals surface area contributed by atoms with Gasteiger partial charge >= 0.3 is 6.09 Å². The van der Waals surface area contributed by atoms with Crippen LogP contribution in [0.2, 0.25) is 5.02 Å². The van der Waals surface area contributed by atoms with E-state index in [1.54, 1.807) is 6.20 Å². The van der Waals surface area contributed by atoms with Gasteiger partial charge in [0, 0.05) is 54.4 Å². The summed E-state index contributed by atoms with van der Waals surface area (Å²) in [5, 5.41) is 5.08. The van der Waals surface area contributed by atoms with Gasteiger partial charge in [-0.1, -0.05) is 36.4 Å². The highest BCUT2D eigenvalue weighted by molar-refractivity contribution is 6.33. The fourth-order valence-electron chi connectivity index (χ4n) is 6.09. The lowest BCUT2D eigenvalue weighted by Gasteiger charge is -2.41. The number of halogens is 1. The maximum absolute atomic E-state index is 13.5. The second-order valence-electron chi connectivity index (χ2n) is 12.4. The molecule has 1 aromatic carbocycles.